The summed E-state index contributed by atoms with van der Waals surface area (Å²) in [6.45, 7) is -0.475. The van der Waals surface area contributed by atoms with Crippen LogP contribution in [-0.4, -0.2) is 49.9 Å². The van der Waals surface area contributed by atoms with Crippen molar-refractivity contribution in [1.29, 1.82) is 0 Å². The quantitative estimate of drug-likeness (QED) is 0.622. The molecular weight excluding hydrogens is 374 g/mol. The second-order valence-corrected chi connectivity index (χ2v) is 7.97. The van der Waals surface area contributed by atoms with Gasteiger partial charge < -0.3 is 25.2 Å². The number of rotatable bonds is 4. The highest BCUT2D eigenvalue weighted by Gasteiger charge is 2.43. The first-order valence-corrected chi connectivity index (χ1v) is 10.2. The van der Waals surface area contributed by atoms with Crippen molar-refractivity contribution in [3.63, 3.8) is 0 Å². The van der Waals surface area contributed by atoms with Crippen molar-refractivity contribution in [2.24, 2.45) is 0 Å². The minimum atomic E-state index is -1.36. The van der Waals surface area contributed by atoms with E-state index in [4.69, 9.17) is 4.74 Å². The van der Waals surface area contributed by atoms with Gasteiger partial charge in [-0.1, -0.05) is 43.5 Å². The van der Waals surface area contributed by atoms with Crippen molar-refractivity contribution in [2.45, 2.75) is 62.6 Å². The highest BCUT2D eigenvalue weighted by Crippen LogP contribution is 2.35. The largest absolute Gasteiger partial charge is 0.507 e. The van der Waals surface area contributed by atoms with E-state index in [9.17, 15) is 25.2 Å². The lowest BCUT2D eigenvalue weighted by molar-refractivity contribution is -0.0543. The Bertz CT molecular complexity index is 903. The van der Waals surface area contributed by atoms with E-state index in [2.05, 4.69) is 0 Å². The fraction of sp³-hybridized carbons (Fsp3) is 0.500. The van der Waals surface area contributed by atoms with Crippen LogP contribution in [-0.2, 0) is 4.74 Å². The molecule has 1 aliphatic heterocycles. The van der Waals surface area contributed by atoms with Crippen LogP contribution in [0.25, 0.3) is 11.1 Å². The maximum Gasteiger partial charge on any atom is 0.264 e. The Kier molecular flexibility index (Phi) is 5.74. The van der Waals surface area contributed by atoms with E-state index >= 15 is 0 Å². The molecule has 0 bridgehead atoms. The van der Waals surface area contributed by atoms with Crippen LogP contribution in [0.1, 0.15) is 49.8 Å². The minimum absolute atomic E-state index is 0.112. The van der Waals surface area contributed by atoms with Crippen LogP contribution in [0.4, 0.5) is 0 Å². The van der Waals surface area contributed by atoms with Gasteiger partial charge in [0.1, 0.15) is 24.1 Å². The maximum atomic E-state index is 13.1. The molecule has 7 heteroatoms. The second kappa shape index (κ2) is 8.28. The van der Waals surface area contributed by atoms with Gasteiger partial charge in [-0.3, -0.25) is 9.36 Å². The first-order chi connectivity index (χ1) is 14.0. The predicted octanol–water partition coefficient (Wildman–Crippen LogP) is 1.88. The molecule has 0 unspecified atom stereocenters. The average molecular weight is 401 g/mol. The Morgan fingerprint density at radius 1 is 1.00 bits per heavy atom. The number of pyridine rings is 1. The molecule has 1 aromatic heterocycles. The van der Waals surface area contributed by atoms with Gasteiger partial charge >= 0.3 is 0 Å². The van der Waals surface area contributed by atoms with Gasteiger partial charge in [-0.2, -0.15) is 0 Å². The standard InChI is InChI=1S/C22H27NO6/c24-12-17-19(26)20(27)22(29-17)23-11-10-16(25)18(21(23)28)15-8-6-14(7-9-15)13-4-2-1-3-5-13/h6-11,13,17,19-20,22,24-27H,1-5,12H2/t17-,19-,20-,22-/m1/s1. The van der Waals surface area contributed by atoms with Crippen molar-refractivity contribution < 1.29 is 25.2 Å². The minimum Gasteiger partial charge on any atom is -0.507 e. The van der Waals surface area contributed by atoms with Gasteiger partial charge in [0.2, 0.25) is 0 Å². The van der Waals surface area contributed by atoms with Crippen LogP contribution in [0.15, 0.2) is 41.3 Å². The molecule has 4 rings (SSSR count). The zero-order valence-electron chi connectivity index (χ0n) is 16.1. The lowest BCUT2D eigenvalue weighted by atomic mass is 9.84. The van der Waals surface area contributed by atoms with Gasteiger partial charge in [-0.25, -0.2) is 0 Å². The van der Waals surface area contributed by atoms with Crippen molar-refractivity contribution >= 4 is 0 Å². The molecule has 0 amide bonds. The third-order valence-electron chi connectivity index (χ3n) is 6.16. The van der Waals surface area contributed by atoms with E-state index in [1.807, 2.05) is 24.3 Å². The second-order valence-electron chi connectivity index (χ2n) is 7.97. The van der Waals surface area contributed by atoms with Gasteiger partial charge in [0, 0.05) is 6.20 Å². The molecule has 0 radical (unpaired) electrons. The summed E-state index contributed by atoms with van der Waals surface area (Å²) in [5.41, 5.74) is 1.39. The van der Waals surface area contributed by atoms with E-state index in [-0.39, 0.29) is 11.3 Å². The van der Waals surface area contributed by atoms with Crippen molar-refractivity contribution in [3.05, 3.63) is 52.4 Å². The first-order valence-electron chi connectivity index (χ1n) is 10.2. The normalized spacial score (nSPS) is 28.0. The third-order valence-corrected chi connectivity index (χ3v) is 6.16. The topological polar surface area (TPSA) is 112 Å². The number of hydrogen-bond acceptors (Lipinski definition) is 6. The highest BCUT2D eigenvalue weighted by atomic mass is 16.6. The Morgan fingerprint density at radius 2 is 1.69 bits per heavy atom. The molecule has 7 nitrogen and oxygen atoms in total. The molecule has 2 heterocycles. The lowest BCUT2D eigenvalue weighted by Crippen LogP contribution is -2.35. The molecular formula is C22H27NO6. The van der Waals surface area contributed by atoms with Gasteiger partial charge in [0.15, 0.2) is 6.23 Å². The van der Waals surface area contributed by atoms with Gasteiger partial charge in [-0.15, -0.1) is 0 Å². The van der Waals surface area contributed by atoms with Crippen LogP contribution < -0.4 is 5.56 Å². The summed E-state index contributed by atoms with van der Waals surface area (Å²) in [7, 11) is 0. The maximum absolute atomic E-state index is 13.1. The van der Waals surface area contributed by atoms with Crippen molar-refractivity contribution in [1.82, 2.24) is 4.57 Å². The molecule has 1 aromatic carbocycles. The molecule has 2 aliphatic rings. The molecule has 29 heavy (non-hydrogen) atoms. The summed E-state index contributed by atoms with van der Waals surface area (Å²) < 4.78 is 6.61. The Labute approximate surface area is 168 Å². The fourth-order valence-electron chi connectivity index (χ4n) is 4.48. The summed E-state index contributed by atoms with van der Waals surface area (Å²) >= 11 is 0. The number of benzene rings is 1. The van der Waals surface area contributed by atoms with Crippen LogP contribution in [0.2, 0.25) is 0 Å². The monoisotopic (exact) mass is 401 g/mol. The Morgan fingerprint density at radius 3 is 2.31 bits per heavy atom. The molecule has 2 fully saturated rings. The summed E-state index contributed by atoms with van der Waals surface area (Å²) in [6.07, 6.45) is 2.64. The number of aromatic nitrogens is 1. The summed E-state index contributed by atoms with van der Waals surface area (Å²) in [4.78, 5) is 13.1. The van der Waals surface area contributed by atoms with E-state index in [0.717, 1.165) is 4.57 Å². The van der Waals surface area contributed by atoms with Crippen LogP contribution in [0, 0.1) is 0 Å². The molecule has 1 saturated heterocycles. The fourth-order valence-corrected chi connectivity index (χ4v) is 4.48. The zero-order valence-corrected chi connectivity index (χ0v) is 16.1. The number of nitrogens with zero attached hydrogens (tertiary/aromatic N) is 1. The van der Waals surface area contributed by atoms with E-state index in [1.165, 1.54) is 49.9 Å². The molecule has 4 N–H and O–H groups in total. The van der Waals surface area contributed by atoms with Gasteiger partial charge in [0.25, 0.3) is 5.56 Å². The van der Waals surface area contributed by atoms with E-state index < -0.39 is 36.7 Å². The Balaban J connectivity index is 1.66. The lowest BCUT2D eigenvalue weighted by Gasteiger charge is -2.22. The van der Waals surface area contributed by atoms with Crippen LogP contribution in [0.3, 0.4) is 0 Å². The van der Waals surface area contributed by atoms with E-state index in [1.54, 1.807) is 0 Å². The molecule has 2 aromatic rings. The Hall–Kier alpha value is -2.19. The number of hydrogen-bond donors (Lipinski definition) is 4. The highest BCUT2D eigenvalue weighted by molar-refractivity contribution is 5.69. The van der Waals surface area contributed by atoms with Gasteiger partial charge in [0.05, 0.1) is 12.2 Å². The van der Waals surface area contributed by atoms with E-state index in [0.29, 0.717) is 11.5 Å². The van der Waals surface area contributed by atoms with Crippen molar-refractivity contribution in [3.8, 4) is 16.9 Å². The number of aliphatic hydroxyl groups excluding tert-OH is 3. The number of ether oxygens (including phenoxy) is 1. The number of aromatic hydroxyl groups is 1. The molecule has 1 saturated carbocycles. The smallest absolute Gasteiger partial charge is 0.264 e. The SMILES string of the molecule is O=c1c(-c2ccc(C3CCCCC3)cc2)c(O)ccn1[C@@H]1O[C@H](CO)[C@@H](O)[C@H]1O. The van der Waals surface area contributed by atoms with Gasteiger partial charge in [-0.05, 0) is 36.0 Å². The number of aliphatic hydroxyl groups is 3. The summed E-state index contributed by atoms with van der Waals surface area (Å²) in [5, 5.41) is 39.8. The van der Waals surface area contributed by atoms with Crippen LogP contribution >= 0.6 is 0 Å². The molecule has 1 aliphatic carbocycles. The first kappa shape index (κ1) is 20.1. The summed E-state index contributed by atoms with van der Waals surface area (Å²) in [5.74, 6) is 0.376. The third kappa shape index (κ3) is 3.71. The van der Waals surface area contributed by atoms with Crippen LogP contribution in [0.5, 0.6) is 5.75 Å². The van der Waals surface area contributed by atoms with Crippen molar-refractivity contribution in [2.75, 3.05) is 6.61 Å². The summed E-state index contributed by atoms with van der Waals surface area (Å²) in [6, 6.07) is 9.05. The zero-order chi connectivity index (χ0) is 20.5. The molecule has 156 valence electrons. The average Bonchev–Trinajstić information content (AvgIpc) is 3.03. The molecule has 0 spiro atoms. The molecule has 4 atom stereocenters. The predicted molar refractivity (Wildman–Crippen MR) is 107 cm³/mol.